The van der Waals surface area contributed by atoms with E-state index >= 15 is 0 Å². The van der Waals surface area contributed by atoms with Crippen LogP contribution in [0.2, 0.25) is 5.02 Å². The molecule has 3 nitrogen and oxygen atoms in total. The number of aromatic nitrogens is 1. The third kappa shape index (κ3) is 2.83. The lowest BCUT2D eigenvalue weighted by atomic mass is 9.80. The van der Waals surface area contributed by atoms with Gasteiger partial charge in [0.15, 0.2) is 0 Å². The van der Waals surface area contributed by atoms with E-state index < -0.39 is 5.60 Å². The van der Waals surface area contributed by atoms with E-state index in [1.54, 1.807) is 73.1 Å². The lowest BCUT2D eigenvalue weighted by Gasteiger charge is -2.30. The van der Waals surface area contributed by atoms with Crippen LogP contribution in [0.5, 0.6) is 0 Å². The van der Waals surface area contributed by atoms with Gasteiger partial charge < -0.3 is 5.11 Å². The molecule has 1 heterocycles. The van der Waals surface area contributed by atoms with Crippen molar-refractivity contribution < 1.29 is 5.11 Å². The van der Waals surface area contributed by atoms with Gasteiger partial charge in [0, 0.05) is 23.0 Å². The van der Waals surface area contributed by atoms with E-state index in [2.05, 4.69) is 11.1 Å². The molecule has 0 saturated carbocycles. The van der Waals surface area contributed by atoms with Crippen LogP contribution in [-0.2, 0) is 5.60 Å². The number of aliphatic hydroxyl groups is 1. The maximum absolute atomic E-state index is 11.5. The molecule has 0 radical (unpaired) electrons. The Morgan fingerprint density at radius 2 is 1.70 bits per heavy atom. The van der Waals surface area contributed by atoms with Crippen molar-refractivity contribution in [2.45, 2.75) is 5.60 Å². The summed E-state index contributed by atoms with van der Waals surface area (Å²) in [6.45, 7) is 0. The highest BCUT2D eigenvalue weighted by atomic mass is 35.5. The average molecular weight is 321 g/mol. The number of nitrogens with zero attached hydrogens (tertiary/aromatic N) is 2. The first-order chi connectivity index (χ1) is 11.1. The summed E-state index contributed by atoms with van der Waals surface area (Å²) < 4.78 is 0. The summed E-state index contributed by atoms with van der Waals surface area (Å²) in [6, 6.07) is 19.6. The number of hydrogen-bond donors (Lipinski definition) is 1. The van der Waals surface area contributed by atoms with Gasteiger partial charge in [-0.25, -0.2) is 0 Å². The van der Waals surface area contributed by atoms with E-state index in [0.717, 1.165) is 0 Å². The number of benzene rings is 2. The molecule has 0 aliphatic carbocycles. The molecule has 0 aliphatic heterocycles. The van der Waals surface area contributed by atoms with E-state index in [0.29, 0.717) is 27.3 Å². The molecule has 2 aromatic carbocycles. The van der Waals surface area contributed by atoms with Gasteiger partial charge in [-0.05, 0) is 41.5 Å². The van der Waals surface area contributed by atoms with Crippen molar-refractivity contribution in [1.29, 1.82) is 5.26 Å². The van der Waals surface area contributed by atoms with E-state index in [-0.39, 0.29) is 0 Å². The first-order valence-corrected chi connectivity index (χ1v) is 7.42. The smallest absolute Gasteiger partial charge is 0.142 e. The third-order valence-electron chi connectivity index (χ3n) is 3.75. The topological polar surface area (TPSA) is 56.9 Å². The zero-order chi connectivity index (χ0) is 16.3. The average Bonchev–Trinajstić information content (AvgIpc) is 2.62. The SMILES string of the molecule is N#Cc1cccc(C(O)(c2ccc(Cl)cc2)c2cccnc2)c1. The van der Waals surface area contributed by atoms with Crippen LogP contribution in [0, 0.1) is 11.3 Å². The zero-order valence-corrected chi connectivity index (χ0v) is 12.9. The van der Waals surface area contributed by atoms with Crippen molar-refractivity contribution in [2.24, 2.45) is 0 Å². The standard InChI is InChI=1S/C19H13ClN2O/c20-18-8-6-15(7-9-18)19(23,17-5-2-10-22-13-17)16-4-1-3-14(11-16)12-21/h1-11,13,23H. The molecule has 0 amide bonds. The Bertz CT molecular complexity index is 857. The number of hydrogen-bond acceptors (Lipinski definition) is 3. The van der Waals surface area contributed by atoms with Crippen LogP contribution in [0.1, 0.15) is 22.3 Å². The molecule has 3 rings (SSSR count). The Morgan fingerprint density at radius 1 is 0.957 bits per heavy atom. The van der Waals surface area contributed by atoms with Gasteiger partial charge in [0.2, 0.25) is 0 Å². The molecular formula is C19H13ClN2O. The highest BCUT2D eigenvalue weighted by molar-refractivity contribution is 6.30. The van der Waals surface area contributed by atoms with Gasteiger partial charge >= 0.3 is 0 Å². The molecule has 0 bridgehead atoms. The molecule has 23 heavy (non-hydrogen) atoms. The van der Waals surface area contributed by atoms with Crippen LogP contribution in [0.15, 0.2) is 73.1 Å². The summed E-state index contributed by atoms with van der Waals surface area (Å²) >= 11 is 5.96. The van der Waals surface area contributed by atoms with Gasteiger partial charge in [-0.2, -0.15) is 5.26 Å². The fraction of sp³-hybridized carbons (Fsp3) is 0.0526. The number of halogens is 1. The van der Waals surface area contributed by atoms with Crippen LogP contribution < -0.4 is 0 Å². The minimum atomic E-state index is -1.41. The summed E-state index contributed by atoms with van der Waals surface area (Å²) in [5, 5.41) is 21.3. The second-order valence-corrected chi connectivity index (χ2v) is 5.59. The van der Waals surface area contributed by atoms with Gasteiger partial charge in [-0.1, -0.05) is 41.9 Å². The predicted octanol–water partition coefficient (Wildman–Crippen LogP) is 3.89. The summed E-state index contributed by atoms with van der Waals surface area (Å²) in [5.74, 6) is 0. The molecule has 1 unspecified atom stereocenters. The maximum atomic E-state index is 11.5. The minimum absolute atomic E-state index is 0.485. The van der Waals surface area contributed by atoms with Gasteiger partial charge in [0.05, 0.1) is 11.6 Å². The molecule has 1 N–H and O–H groups in total. The van der Waals surface area contributed by atoms with Crippen LogP contribution in [0.3, 0.4) is 0 Å². The first-order valence-electron chi connectivity index (χ1n) is 7.04. The minimum Gasteiger partial charge on any atom is -0.376 e. The van der Waals surface area contributed by atoms with E-state index in [1.165, 1.54) is 0 Å². The Hall–Kier alpha value is -2.67. The number of nitriles is 1. The lowest BCUT2D eigenvalue weighted by molar-refractivity contribution is 0.125. The fourth-order valence-electron chi connectivity index (χ4n) is 2.58. The van der Waals surface area contributed by atoms with Crippen molar-refractivity contribution in [3.05, 3.63) is 100 Å². The molecule has 0 saturated heterocycles. The van der Waals surface area contributed by atoms with Gasteiger partial charge in [0.1, 0.15) is 5.60 Å². The molecule has 1 atom stereocenters. The van der Waals surface area contributed by atoms with Crippen LogP contribution in [0.25, 0.3) is 0 Å². The van der Waals surface area contributed by atoms with Crippen molar-refractivity contribution in [2.75, 3.05) is 0 Å². The third-order valence-corrected chi connectivity index (χ3v) is 4.00. The Kier molecular flexibility index (Phi) is 4.12. The van der Waals surface area contributed by atoms with Crippen molar-refractivity contribution in [3.63, 3.8) is 0 Å². The molecule has 0 spiro atoms. The van der Waals surface area contributed by atoms with E-state index in [1.807, 2.05) is 0 Å². The number of rotatable bonds is 3. The predicted molar refractivity (Wildman–Crippen MR) is 88.9 cm³/mol. The summed E-state index contributed by atoms with van der Waals surface area (Å²) in [7, 11) is 0. The largest absolute Gasteiger partial charge is 0.376 e. The van der Waals surface area contributed by atoms with Crippen molar-refractivity contribution in [1.82, 2.24) is 4.98 Å². The monoisotopic (exact) mass is 320 g/mol. The van der Waals surface area contributed by atoms with Crippen LogP contribution in [-0.4, -0.2) is 10.1 Å². The molecule has 112 valence electrons. The normalized spacial score (nSPS) is 13.1. The van der Waals surface area contributed by atoms with Gasteiger partial charge in [-0.15, -0.1) is 0 Å². The Balaban J connectivity index is 2.25. The highest BCUT2D eigenvalue weighted by Crippen LogP contribution is 2.36. The van der Waals surface area contributed by atoms with Crippen molar-refractivity contribution >= 4 is 11.6 Å². The Labute approximate surface area is 139 Å². The van der Waals surface area contributed by atoms with Crippen LogP contribution in [0.4, 0.5) is 0 Å². The van der Waals surface area contributed by atoms with Gasteiger partial charge in [0.25, 0.3) is 0 Å². The van der Waals surface area contributed by atoms with Crippen LogP contribution >= 0.6 is 11.6 Å². The second-order valence-electron chi connectivity index (χ2n) is 5.15. The molecule has 0 aliphatic rings. The molecular weight excluding hydrogens is 308 g/mol. The molecule has 4 heteroatoms. The second kappa shape index (κ2) is 6.21. The Morgan fingerprint density at radius 3 is 2.35 bits per heavy atom. The quantitative estimate of drug-likeness (QED) is 0.796. The number of pyridine rings is 1. The summed E-state index contributed by atoms with van der Waals surface area (Å²) in [5.41, 5.74) is 0.958. The maximum Gasteiger partial charge on any atom is 0.142 e. The summed E-state index contributed by atoms with van der Waals surface area (Å²) in [4.78, 5) is 4.11. The highest BCUT2D eigenvalue weighted by Gasteiger charge is 2.34. The molecule has 3 aromatic rings. The zero-order valence-electron chi connectivity index (χ0n) is 12.1. The lowest BCUT2D eigenvalue weighted by Crippen LogP contribution is -2.29. The van der Waals surface area contributed by atoms with E-state index in [9.17, 15) is 5.11 Å². The molecule has 1 aromatic heterocycles. The van der Waals surface area contributed by atoms with Crippen molar-refractivity contribution in [3.8, 4) is 6.07 Å². The fourth-order valence-corrected chi connectivity index (χ4v) is 2.71. The van der Waals surface area contributed by atoms with E-state index in [4.69, 9.17) is 16.9 Å². The summed E-state index contributed by atoms with van der Waals surface area (Å²) in [6.07, 6.45) is 3.27. The molecule has 0 fully saturated rings. The first kappa shape index (κ1) is 15.2. The van der Waals surface area contributed by atoms with Gasteiger partial charge in [-0.3, -0.25) is 4.98 Å².